The third kappa shape index (κ3) is 4.91. The molecule has 11 nitrogen and oxygen atoms in total. The van der Waals surface area contributed by atoms with E-state index in [-0.39, 0.29) is 24.3 Å². The largest absolute Gasteiger partial charge is 0.439 e. The number of carbonyl (C=O) groups is 1. The third-order valence-corrected chi connectivity index (χ3v) is 8.21. The molecule has 1 N–H and O–H groups in total. The fourth-order valence-corrected chi connectivity index (χ4v) is 5.97. The summed E-state index contributed by atoms with van der Waals surface area (Å²) < 4.78 is 6.98. The van der Waals surface area contributed by atoms with E-state index >= 15 is 0 Å². The van der Waals surface area contributed by atoms with Crippen LogP contribution in [0.1, 0.15) is 39.5 Å². The summed E-state index contributed by atoms with van der Waals surface area (Å²) in [6.45, 7) is 6.04. The van der Waals surface area contributed by atoms with Crippen molar-refractivity contribution in [2.75, 3.05) is 25.0 Å². The van der Waals surface area contributed by atoms with Crippen LogP contribution in [0, 0.1) is 11.8 Å². The lowest BCUT2D eigenvalue weighted by molar-refractivity contribution is -0.130. The molecule has 39 heavy (non-hydrogen) atoms. The SMILES string of the molecule is CC1CCC(Cn2c(N3CC(=O)N(C)C[C@@H]3C)nc3cc(-c4noc(=O)[nH]4)nc(-c4cncc(Cl)c4)c32)CC1. The lowest BCUT2D eigenvalue weighted by Gasteiger charge is -2.39. The number of pyridine rings is 2. The van der Waals surface area contributed by atoms with Crippen LogP contribution in [-0.4, -0.2) is 66.6 Å². The molecule has 5 heterocycles. The van der Waals surface area contributed by atoms with E-state index in [2.05, 4.69) is 38.4 Å². The van der Waals surface area contributed by atoms with Gasteiger partial charge in [-0.3, -0.25) is 19.3 Å². The minimum absolute atomic E-state index is 0.0523. The molecule has 2 fully saturated rings. The van der Waals surface area contributed by atoms with E-state index in [1.807, 2.05) is 13.1 Å². The number of halogens is 1. The highest BCUT2D eigenvalue weighted by Gasteiger charge is 2.33. The Bertz CT molecular complexity index is 1590. The number of hydrogen-bond donors (Lipinski definition) is 1. The van der Waals surface area contributed by atoms with E-state index in [0.717, 1.165) is 36.8 Å². The van der Waals surface area contributed by atoms with Gasteiger partial charge in [-0.25, -0.2) is 14.8 Å². The second-order valence-corrected chi connectivity index (χ2v) is 11.4. The van der Waals surface area contributed by atoms with Gasteiger partial charge in [0.1, 0.15) is 12.2 Å². The molecule has 2 aliphatic rings. The summed E-state index contributed by atoms with van der Waals surface area (Å²) in [5, 5.41) is 4.33. The summed E-state index contributed by atoms with van der Waals surface area (Å²) in [4.78, 5) is 45.3. The molecule has 0 unspecified atom stereocenters. The quantitative estimate of drug-likeness (QED) is 0.395. The lowest BCUT2D eigenvalue weighted by atomic mass is 9.83. The summed E-state index contributed by atoms with van der Waals surface area (Å²) in [6, 6.07) is 3.69. The van der Waals surface area contributed by atoms with Crippen LogP contribution >= 0.6 is 11.6 Å². The van der Waals surface area contributed by atoms with E-state index in [9.17, 15) is 9.59 Å². The maximum Gasteiger partial charge on any atom is 0.439 e. The number of piperazine rings is 1. The van der Waals surface area contributed by atoms with E-state index in [0.29, 0.717) is 40.0 Å². The number of imidazole rings is 1. The fraction of sp³-hybridized carbons (Fsp3) is 0.481. The van der Waals surface area contributed by atoms with Crippen molar-refractivity contribution >= 4 is 34.5 Å². The van der Waals surface area contributed by atoms with Crippen LogP contribution in [0.4, 0.5) is 5.95 Å². The first kappa shape index (κ1) is 25.5. The van der Waals surface area contributed by atoms with Crippen molar-refractivity contribution in [1.29, 1.82) is 0 Å². The number of likely N-dealkylation sites (N-methyl/N-ethyl adjacent to an activating group) is 1. The van der Waals surface area contributed by atoms with Gasteiger partial charge in [-0.1, -0.05) is 36.5 Å². The summed E-state index contributed by atoms with van der Waals surface area (Å²) in [6.07, 6.45) is 7.95. The molecule has 204 valence electrons. The van der Waals surface area contributed by atoms with E-state index in [1.54, 1.807) is 23.4 Å². The van der Waals surface area contributed by atoms with Crippen LogP contribution in [0.3, 0.4) is 0 Å². The van der Waals surface area contributed by atoms with Crippen molar-refractivity contribution in [2.45, 2.75) is 52.1 Å². The normalized spacial score (nSPS) is 22.2. The van der Waals surface area contributed by atoms with Gasteiger partial charge in [-0.05, 0) is 43.7 Å². The van der Waals surface area contributed by atoms with Gasteiger partial charge in [-0.15, -0.1) is 0 Å². The molecule has 0 bridgehead atoms. The second kappa shape index (κ2) is 10.1. The zero-order valence-electron chi connectivity index (χ0n) is 22.2. The first-order chi connectivity index (χ1) is 18.8. The topological polar surface area (TPSA) is 126 Å². The van der Waals surface area contributed by atoms with Gasteiger partial charge in [0, 0.05) is 44.1 Å². The van der Waals surface area contributed by atoms with Gasteiger partial charge in [0.15, 0.2) is 0 Å². The molecule has 4 aromatic rings. The number of anilines is 1. The molecule has 6 rings (SSSR count). The number of carbonyl (C=O) groups excluding carboxylic acids is 1. The Morgan fingerprint density at radius 2 is 1.90 bits per heavy atom. The van der Waals surface area contributed by atoms with Crippen LogP contribution in [0.25, 0.3) is 33.8 Å². The highest BCUT2D eigenvalue weighted by molar-refractivity contribution is 6.30. The van der Waals surface area contributed by atoms with Crippen molar-refractivity contribution in [3.63, 3.8) is 0 Å². The molecule has 4 aromatic heterocycles. The monoisotopic (exact) mass is 550 g/mol. The predicted molar refractivity (Wildman–Crippen MR) is 147 cm³/mol. The molecular weight excluding hydrogens is 520 g/mol. The number of nitrogens with zero attached hydrogens (tertiary/aromatic N) is 7. The van der Waals surface area contributed by atoms with Crippen LogP contribution in [-0.2, 0) is 11.3 Å². The zero-order chi connectivity index (χ0) is 27.3. The van der Waals surface area contributed by atoms with Crippen LogP contribution < -0.4 is 10.7 Å². The van der Waals surface area contributed by atoms with Crippen molar-refractivity contribution in [2.24, 2.45) is 11.8 Å². The van der Waals surface area contributed by atoms with Gasteiger partial charge < -0.3 is 14.4 Å². The Morgan fingerprint density at radius 3 is 2.62 bits per heavy atom. The number of nitrogens with one attached hydrogen (secondary N) is 1. The van der Waals surface area contributed by atoms with Gasteiger partial charge in [0.25, 0.3) is 0 Å². The molecule has 0 aromatic carbocycles. The average molecular weight is 551 g/mol. The highest BCUT2D eigenvalue weighted by Crippen LogP contribution is 2.37. The van der Waals surface area contributed by atoms with Gasteiger partial charge in [0.05, 0.1) is 21.7 Å². The standard InChI is InChI=1S/C27H31ClN8O3/c1-15-4-6-17(7-5-15)13-36-24-20(31-26(36)35-14-22(37)34(3)12-16(35)2)9-21(25-32-27(38)39-33-25)30-23(24)18-8-19(28)11-29-10-18/h8-11,15-17H,4-7,12-14H2,1-3H3,(H,32,33,38)/t15?,16-,17?/m0/s1. The maximum absolute atomic E-state index is 12.8. The number of H-pyrrole nitrogens is 1. The molecular formula is C27H31ClN8O3. The zero-order valence-corrected chi connectivity index (χ0v) is 23.0. The van der Waals surface area contributed by atoms with Crippen molar-refractivity contribution in [3.8, 4) is 22.8 Å². The number of rotatable bonds is 5. The average Bonchev–Trinajstić information content (AvgIpc) is 3.50. The minimum Gasteiger partial charge on any atom is -0.342 e. The fourth-order valence-electron chi connectivity index (χ4n) is 5.80. The molecule has 0 radical (unpaired) electrons. The lowest BCUT2D eigenvalue weighted by Crippen LogP contribution is -2.54. The smallest absolute Gasteiger partial charge is 0.342 e. The summed E-state index contributed by atoms with van der Waals surface area (Å²) in [5.41, 5.74) is 3.26. The minimum atomic E-state index is -0.666. The molecule has 0 spiro atoms. The van der Waals surface area contributed by atoms with Crippen molar-refractivity contribution < 1.29 is 9.32 Å². The van der Waals surface area contributed by atoms with Crippen LogP contribution in [0.15, 0.2) is 33.8 Å². The number of aromatic amines is 1. The van der Waals surface area contributed by atoms with E-state index in [1.165, 1.54) is 12.8 Å². The Labute approximate surface area is 230 Å². The Hall–Kier alpha value is -3.73. The molecule has 1 aliphatic carbocycles. The Morgan fingerprint density at radius 1 is 1.10 bits per heavy atom. The number of fused-ring (bicyclic) bond motifs is 1. The molecule has 1 saturated carbocycles. The summed E-state index contributed by atoms with van der Waals surface area (Å²) >= 11 is 6.35. The molecule has 12 heteroatoms. The number of hydrogen-bond acceptors (Lipinski definition) is 8. The number of amides is 1. The van der Waals surface area contributed by atoms with Crippen molar-refractivity contribution in [1.82, 2.24) is 34.6 Å². The molecule has 1 saturated heterocycles. The highest BCUT2D eigenvalue weighted by atomic mass is 35.5. The predicted octanol–water partition coefficient (Wildman–Crippen LogP) is 3.98. The molecule has 1 atom stereocenters. The summed E-state index contributed by atoms with van der Waals surface area (Å²) in [7, 11) is 1.83. The van der Waals surface area contributed by atoms with Gasteiger partial charge in [0.2, 0.25) is 17.7 Å². The van der Waals surface area contributed by atoms with Crippen LogP contribution in [0.5, 0.6) is 0 Å². The third-order valence-electron chi connectivity index (χ3n) is 8.00. The van der Waals surface area contributed by atoms with Crippen molar-refractivity contribution in [3.05, 3.63) is 40.1 Å². The maximum atomic E-state index is 12.8. The number of aromatic nitrogens is 6. The second-order valence-electron chi connectivity index (χ2n) is 11.0. The Balaban J connectivity index is 1.58. The Kier molecular flexibility index (Phi) is 6.62. The van der Waals surface area contributed by atoms with Crippen LogP contribution in [0.2, 0.25) is 5.02 Å². The van der Waals surface area contributed by atoms with Gasteiger partial charge >= 0.3 is 5.76 Å². The first-order valence-electron chi connectivity index (χ1n) is 13.4. The first-order valence-corrected chi connectivity index (χ1v) is 13.7. The molecule has 1 amide bonds. The van der Waals surface area contributed by atoms with E-state index in [4.69, 9.17) is 26.1 Å². The van der Waals surface area contributed by atoms with Gasteiger partial charge in [-0.2, -0.15) is 0 Å². The van der Waals surface area contributed by atoms with E-state index < -0.39 is 5.76 Å². The molecule has 1 aliphatic heterocycles. The summed E-state index contributed by atoms with van der Waals surface area (Å²) in [5.74, 6) is 1.54.